The summed E-state index contributed by atoms with van der Waals surface area (Å²) in [4.78, 5) is 11.3. The monoisotopic (exact) mass is 315 g/mol. The molecule has 3 nitrogen and oxygen atoms in total. The molecular formula is C11H10INO2. The minimum Gasteiger partial charge on any atom is -0.492 e. The molecule has 1 aromatic rings. The standard InChI is InChI=1S/C11H10INO2/c1-3-15-11-5-9(7(2)14)10(12)4-8(11)6-13/h4-5H,3H2,1-2H3. The zero-order valence-electron chi connectivity index (χ0n) is 8.50. The first-order valence-electron chi connectivity index (χ1n) is 4.47. The van der Waals surface area contributed by atoms with Crippen molar-refractivity contribution in [3.63, 3.8) is 0 Å². The van der Waals surface area contributed by atoms with Gasteiger partial charge in [-0.25, -0.2) is 0 Å². The number of carbonyl (C=O) groups is 1. The van der Waals surface area contributed by atoms with Crippen molar-refractivity contribution in [2.45, 2.75) is 13.8 Å². The third-order valence-electron chi connectivity index (χ3n) is 1.87. The maximum Gasteiger partial charge on any atom is 0.161 e. The first kappa shape index (κ1) is 12.0. The molecule has 1 rings (SSSR count). The van der Waals surface area contributed by atoms with E-state index >= 15 is 0 Å². The van der Waals surface area contributed by atoms with Crippen LogP contribution in [0, 0.1) is 14.9 Å². The SMILES string of the molecule is CCOc1cc(C(C)=O)c(I)cc1C#N. The summed E-state index contributed by atoms with van der Waals surface area (Å²) in [5.41, 5.74) is 1.06. The molecule has 0 radical (unpaired) electrons. The van der Waals surface area contributed by atoms with E-state index in [0.29, 0.717) is 23.5 Å². The number of rotatable bonds is 3. The Morgan fingerprint density at radius 2 is 2.27 bits per heavy atom. The number of ketones is 1. The molecule has 0 aromatic heterocycles. The third kappa shape index (κ3) is 2.69. The fourth-order valence-electron chi connectivity index (χ4n) is 1.19. The Morgan fingerprint density at radius 3 is 2.73 bits per heavy atom. The lowest BCUT2D eigenvalue weighted by atomic mass is 10.1. The van der Waals surface area contributed by atoms with Gasteiger partial charge in [-0.1, -0.05) is 0 Å². The maximum atomic E-state index is 11.3. The lowest BCUT2D eigenvalue weighted by Crippen LogP contribution is -2.01. The van der Waals surface area contributed by atoms with Gasteiger partial charge in [-0.15, -0.1) is 0 Å². The van der Waals surface area contributed by atoms with Crippen molar-refractivity contribution >= 4 is 28.4 Å². The maximum absolute atomic E-state index is 11.3. The Hall–Kier alpha value is -1.09. The number of Topliss-reactive ketones (excluding diaryl/α,β-unsaturated/α-hetero) is 1. The predicted octanol–water partition coefficient (Wildman–Crippen LogP) is 2.76. The average molecular weight is 315 g/mol. The number of nitrogens with zero attached hydrogens (tertiary/aromatic N) is 1. The van der Waals surface area contributed by atoms with Gasteiger partial charge in [0.15, 0.2) is 5.78 Å². The molecule has 0 aliphatic carbocycles. The lowest BCUT2D eigenvalue weighted by Gasteiger charge is -2.08. The van der Waals surface area contributed by atoms with Gasteiger partial charge in [0.25, 0.3) is 0 Å². The molecule has 0 unspecified atom stereocenters. The second-order valence-electron chi connectivity index (χ2n) is 2.93. The van der Waals surface area contributed by atoms with Gasteiger partial charge in [0, 0.05) is 9.13 Å². The molecule has 4 heteroatoms. The minimum absolute atomic E-state index is 0.0233. The molecule has 0 aliphatic heterocycles. The highest BCUT2D eigenvalue weighted by atomic mass is 127. The average Bonchev–Trinajstić information content (AvgIpc) is 2.20. The summed E-state index contributed by atoms with van der Waals surface area (Å²) < 4.78 is 6.07. The van der Waals surface area contributed by atoms with E-state index in [4.69, 9.17) is 10.00 Å². The topological polar surface area (TPSA) is 50.1 Å². The molecule has 0 saturated heterocycles. The summed E-state index contributed by atoms with van der Waals surface area (Å²) in [5.74, 6) is 0.454. The van der Waals surface area contributed by atoms with Crippen LogP contribution in [0.1, 0.15) is 29.8 Å². The molecule has 0 heterocycles. The van der Waals surface area contributed by atoms with Gasteiger partial charge in [0.1, 0.15) is 11.8 Å². The van der Waals surface area contributed by atoms with Crippen molar-refractivity contribution in [1.82, 2.24) is 0 Å². The summed E-state index contributed by atoms with van der Waals surface area (Å²) in [6.07, 6.45) is 0. The molecule has 15 heavy (non-hydrogen) atoms. The van der Waals surface area contributed by atoms with E-state index in [0.717, 1.165) is 3.57 Å². The molecule has 0 amide bonds. The second kappa shape index (κ2) is 5.12. The van der Waals surface area contributed by atoms with E-state index in [1.165, 1.54) is 6.92 Å². The van der Waals surface area contributed by atoms with Crippen molar-refractivity contribution in [2.75, 3.05) is 6.61 Å². The number of nitriles is 1. The lowest BCUT2D eigenvalue weighted by molar-refractivity contribution is 0.101. The molecule has 78 valence electrons. The summed E-state index contributed by atoms with van der Waals surface area (Å²) >= 11 is 2.04. The van der Waals surface area contributed by atoms with Crippen LogP contribution in [0.4, 0.5) is 0 Å². The van der Waals surface area contributed by atoms with E-state index in [1.807, 2.05) is 35.6 Å². The van der Waals surface area contributed by atoms with Gasteiger partial charge >= 0.3 is 0 Å². The molecular weight excluding hydrogens is 305 g/mol. The summed E-state index contributed by atoms with van der Waals surface area (Å²) in [7, 11) is 0. The van der Waals surface area contributed by atoms with E-state index in [9.17, 15) is 4.79 Å². The van der Waals surface area contributed by atoms with E-state index in [2.05, 4.69) is 0 Å². The number of hydrogen-bond donors (Lipinski definition) is 0. The van der Waals surface area contributed by atoms with Crippen LogP contribution in [-0.2, 0) is 0 Å². The Labute approximate surface area is 102 Å². The number of ether oxygens (including phenoxy) is 1. The van der Waals surface area contributed by atoms with Crippen molar-refractivity contribution in [2.24, 2.45) is 0 Å². The van der Waals surface area contributed by atoms with Crippen LogP contribution in [0.2, 0.25) is 0 Å². The van der Waals surface area contributed by atoms with Crippen molar-refractivity contribution < 1.29 is 9.53 Å². The molecule has 0 bridgehead atoms. The Balaban J connectivity index is 3.31. The first-order valence-corrected chi connectivity index (χ1v) is 5.55. The summed E-state index contributed by atoms with van der Waals surface area (Å²) in [6, 6.07) is 5.35. The highest BCUT2D eigenvalue weighted by molar-refractivity contribution is 14.1. The second-order valence-corrected chi connectivity index (χ2v) is 4.09. The normalized spacial score (nSPS) is 9.47. The van der Waals surface area contributed by atoms with Crippen molar-refractivity contribution in [1.29, 1.82) is 5.26 Å². The fraction of sp³-hybridized carbons (Fsp3) is 0.273. The van der Waals surface area contributed by atoms with Gasteiger partial charge in [0.05, 0.1) is 12.2 Å². The van der Waals surface area contributed by atoms with E-state index in [-0.39, 0.29) is 5.78 Å². The van der Waals surface area contributed by atoms with Crippen LogP contribution in [0.15, 0.2) is 12.1 Å². The van der Waals surface area contributed by atoms with Gasteiger partial charge in [-0.3, -0.25) is 4.79 Å². The number of benzene rings is 1. The molecule has 0 aliphatic rings. The highest BCUT2D eigenvalue weighted by Crippen LogP contribution is 2.25. The molecule has 0 atom stereocenters. The van der Waals surface area contributed by atoms with Crippen LogP contribution in [0.5, 0.6) is 5.75 Å². The number of carbonyl (C=O) groups excluding carboxylic acids is 1. The van der Waals surface area contributed by atoms with Gasteiger partial charge in [-0.2, -0.15) is 5.26 Å². The Kier molecular flexibility index (Phi) is 4.09. The van der Waals surface area contributed by atoms with Gasteiger partial charge < -0.3 is 4.74 Å². The van der Waals surface area contributed by atoms with Crippen LogP contribution in [0.3, 0.4) is 0 Å². The van der Waals surface area contributed by atoms with Crippen LogP contribution >= 0.6 is 22.6 Å². The molecule has 0 spiro atoms. The Morgan fingerprint density at radius 1 is 1.60 bits per heavy atom. The van der Waals surface area contributed by atoms with Gasteiger partial charge in [-0.05, 0) is 48.6 Å². The van der Waals surface area contributed by atoms with Crippen molar-refractivity contribution in [3.05, 3.63) is 26.8 Å². The van der Waals surface area contributed by atoms with E-state index < -0.39 is 0 Å². The largest absolute Gasteiger partial charge is 0.492 e. The Bertz CT molecular complexity index is 435. The number of halogens is 1. The molecule has 1 aromatic carbocycles. The van der Waals surface area contributed by atoms with E-state index in [1.54, 1.807) is 12.1 Å². The zero-order chi connectivity index (χ0) is 11.4. The van der Waals surface area contributed by atoms with Gasteiger partial charge in [0.2, 0.25) is 0 Å². The fourth-order valence-corrected chi connectivity index (χ4v) is 2.03. The predicted molar refractivity (Wildman–Crippen MR) is 65.0 cm³/mol. The molecule has 0 saturated carbocycles. The molecule has 0 fully saturated rings. The smallest absolute Gasteiger partial charge is 0.161 e. The summed E-state index contributed by atoms with van der Waals surface area (Å²) in [5, 5.41) is 8.88. The number of hydrogen-bond acceptors (Lipinski definition) is 3. The summed E-state index contributed by atoms with van der Waals surface area (Å²) in [6.45, 7) is 3.82. The quantitative estimate of drug-likeness (QED) is 0.636. The first-order chi connectivity index (χ1) is 7.10. The van der Waals surface area contributed by atoms with Crippen LogP contribution in [-0.4, -0.2) is 12.4 Å². The minimum atomic E-state index is -0.0233. The van der Waals surface area contributed by atoms with Crippen LogP contribution < -0.4 is 4.74 Å². The van der Waals surface area contributed by atoms with Crippen molar-refractivity contribution in [3.8, 4) is 11.8 Å². The molecule has 0 N–H and O–H groups in total. The zero-order valence-corrected chi connectivity index (χ0v) is 10.7. The van der Waals surface area contributed by atoms with Crippen LogP contribution in [0.25, 0.3) is 0 Å². The highest BCUT2D eigenvalue weighted by Gasteiger charge is 2.11. The third-order valence-corrected chi connectivity index (χ3v) is 2.76.